The number of anilines is 1. The van der Waals surface area contributed by atoms with Gasteiger partial charge in [-0.3, -0.25) is 9.36 Å². The van der Waals surface area contributed by atoms with Crippen molar-refractivity contribution in [2.75, 3.05) is 5.32 Å². The number of hydrogen-bond donors (Lipinski definition) is 1. The Hall–Kier alpha value is -2.61. The van der Waals surface area contributed by atoms with Gasteiger partial charge in [0.15, 0.2) is 5.65 Å². The summed E-state index contributed by atoms with van der Waals surface area (Å²) >= 11 is 6.22. The van der Waals surface area contributed by atoms with Gasteiger partial charge in [-0.05, 0) is 36.8 Å². The molecule has 3 heterocycles. The summed E-state index contributed by atoms with van der Waals surface area (Å²) in [6, 6.07) is 5.46. The number of amides is 1. The van der Waals surface area contributed by atoms with Crippen LogP contribution in [0.15, 0.2) is 24.3 Å². The molecule has 1 amide bonds. The number of halogens is 4. The number of hydrogen-bond acceptors (Lipinski definition) is 3. The van der Waals surface area contributed by atoms with Gasteiger partial charge in [0.05, 0.1) is 22.8 Å². The predicted octanol–water partition coefficient (Wildman–Crippen LogP) is 3.90. The third-order valence-corrected chi connectivity index (χ3v) is 4.29. The van der Waals surface area contributed by atoms with E-state index in [1.807, 2.05) is 0 Å². The molecule has 4 rings (SSSR count). The van der Waals surface area contributed by atoms with E-state index in [0.29, 0.717) is 33.3 Å². The number of nitrogens with zero attached hydrogens (tertiary/aromatic N) is 3. The molecule has 5 nitrogen and oxygen atoms in total. The van der Waals surface area contributed by atoms with Crippen LogP contribution in [0.1, 0.15) is 17.1 Å². The van der Waals surface area contributed by atoms with Crippen LogP contribution in [0.25, 0.3) is 16.9 Å². The van der Waals surface area contributed by atoms with Crippen LogP contribution < -0.4 is 5.32 Å². The Morgan fingerprint density at radius 2 is 2.00 bits per heavy atom. The summed E-state index contributed by atoms with van der Waals surface area (Å²) in [5, 5.41) is 2.97. The summed E-state index contributed by atoms with van der Waals surface area (Å²) in [5.41, 5.74) is 1.15. The summed E-state index contributed by atoms with van der Waals surface area (Å²) in [6.45, 7) is 1.67. The van der Waals surface area contributed by atoms with Gasteiger partial charge in [0.25, 0.3) is 0 Å². The monoisotopic (exact) mass is 366 g/mol. The first-order valence-electron chi connectivity index (χ1n) is 7.30. The van der Waals surface area contributed by atoms with E-state index in [4.69, 9.17) is 11.6 Å². The van der Waals surface area contributed by atoms with Crippen molar-refractivity contribution in [3.05, 3.63) is 46.4 Å². The molecule has 1 aromatic carbocycles. The molecule has 1 N–H and O–H groups in total. The van der Waals surface area contributed by atoms with E-state index in [0.717, 1.165) is 6.07 Å². The molecule has 1 aliphatic rings. The molecule has 0 atom stereocenters. The Morgan fingerprint density at radius 3 is 2.72 bits per heavy atom. The molecule has 0 spiro atoms. The smallest absolute Gasteiger partial charge is 0.324 e. The van der Waals surface area contributed by atoms with Crippen LogP contribution in [-0.2, 0) is 17.4 Å². The summed E-state index contributed by atoms with van der Waals surface area (Å²) in [5.74, 6) is 0.286. The number of carbonyl (C=O) groups excluding carboxylic acids is 1. The van der Waals surface area contributed by atoms with Gasteiger partial charge in [0.2, 0.25) is 5.91 Å². The first-order chi connectivity index (χ1) is 11.7. The molecule has 0 bridgehead atoms. The van der Waals surface area contributed by atoms with Gasteiger partial charge >= 0.3 is 6.18 Å². The van der Waals surface area contributed by atoms with Gasteiger partial charge in [-0.25, -0.2) is 9.97 Å². The third kappa shape index (κ3) is 2.53. The van der Waals surface area contributed by atoms with Gasteiger partial charge in [-0.2, -0.15) is 13.2 Å². The van der Waals surface area contributed by atoms with Crippen LogP contribution in [0.2, 0.25) is 5.02 Å². The lowest BCUT2D eigenvalue weighted by Gasteiger charge is -2.11. The van der Waals surface area contributed by atoms with Crippen molar-refractivity contribution in [3.63, 3.8) is 0 Å². The molecule has 9 heteroatoms. The molecule has 0 radical (unpaired) electrons. The van der Waals surface area contributed by atoms with Gasteiger partial charge in [-0.15, -0.1) is 0 Å². The van der Waals surface area contributed by atoms with Gasteiger partial charge < -0.3 is 5.32 Å². The molecule has 1 aliphatic heterocycles. The maximum atomic E-state index is 13.0. The Morgan fingerprint density at radius 1 is 1.24 bits per heavy atom. The highest BCUT2D eigenvalue weighted by molar-refractivity contribution is 6.34. The summed E-state index contributed by atoms with van der Waals surface area (Å²) in [6.07, 6.45) is -4.39. The maximum Gasteiger partial charge on any atom is 0.433 e. The zero-order chi connectivity index (χ0) is 17.9. The molecule has 0 saturated heterocycles. The van der Waals surface area contributed by atoms with Gasteiger partial charge in [0, 0.05) is 0 Å². The molecule has 0 fully saturated rings. The second-order valence-electron chi connectivity index (χ2n) is 5.72. The minimum Gasteiger partial charge on any atom is -0.324 e. The highest BCUT2D eigenvalue weighted by Crippen LogP contribution is 2.35. The largest absolute Gasteiger partial charge is 0.433 e. The lowest BCUT2D eigenvalue weighted by atomic mass is 10.1. The summed E-state index contributed by atoms with van der Waals surface area (Å²) in [7, 11) is 0. The fourth-order valence-electron chi connectivity index (χ4n) is 2.95. The number of alkyl halides is 3. The third-order valence-electron chi connectivity index (χ3n) is 3.99. The van der Waals surface area contributed by atoms with E-state index in [1.54, 1.807) is 19.1 Å². The number of aromatic nitrogens is 3. The number of benzene rings is 1. The van der Waals surface area contributed by atoms with E-state index >= 15 is 0 Å². The summed E-state index contributed by atoms with van der Waals surface area (Å²) in [4.78, 5) is 19.5. The number of imidazole rings is 1. The maximum absolute atomic E-state index is 13.0. The van der Waals surface area contributed by atoms with E-state index in [2.05, 4.69) is 15.3 Å². The fourth-order valence-corrected chi connectivity index (χ4v) is 3.23. The Kier molecular flexibility index (Phi) is 3.30. The Bertz CT molecular complexity index is 1040. The number of fused-ring (bicyclic) bond motifs is 2. The quantitative estimate of drug-likeness (QED) is 0.710. The first kappa shape index (κ1) is 15.9. The molecule has 128 valence electrons. The molecule has 2 aromatic heterocycles. The van der Waals surface area contributed by atoms with Crippen molar-refractivity contribution in [1.82, 2.24) is 14.5 Å². The number of aryl methyl sites for hydroxylation is 1. The van der Waals surface area contributed by atoms with Crippen molar-refractivity contribution in [1.29, 1.82) is 0 Å². The molecule has 3 aromatic rings. The van der Waals surface area contributed by atoms with Crippen molar-refractivity contribution < 1.29 is 18.0 Å². The van der Waals surface area contributed by atoms with Crippen molar-refractivity contribution >= 4 is 34.4 Å². The van der Waals surface area contributed by atoms with Gasteiger partial charge in [-0.1, -0.05) is 11.6 Å². The number of rotatable bonds is 1. The zero-order valence-corrected chi connectivity index (χ0v) is 13.5. The average Bonchev–Trinajstić information content (AvgIpc) is 3.04. The van der Waals surface area contributed by atoms with E-state index in [9.17, 15) is 18.0 Å². The van der Waals surface area contributed by atoms with E-state index in [1.165, 1.54) is 10.6 Å². The molecule has 0 unspecified atom stereocenters. The van der Waals surface area contributed by atoms with Crippen LogP contribution in [0.5, 0.6) is 0 Å². The normalized spacial score (nSPS) is 14.0. The van der Waals surface area contributed by atoms with Crippen LogP contribution in [0, 0.1) is 6.92 Å². The topological polar surface area (TPSA) is 59.8 Å². The molecule has 0 saturated carbocycles. The van der Waals surface area contributed by atoms with Crippen molar-refractivity contribution in [3.8, 4) is 5.69 Å². The minimum atomic E-state index is -4.55. The summed E-state index contributed by atoms with van der Waals surface area (Å²) < 4.78 is 40.5. The molecular formula is C16H10ClF3N4O. The second kappa shape index (κ2) is 5.19. The molecule has 0 aliphatic carbocycles. The second-order valence-corrected chi connectivity index (χ2v) is 6.13. The molecule has 25 heavy (non-hydrogen) atoms. The zero-order valence-electron chi connectivity index (χ0n) is 12.8. The van der Waals surface area contributed by atoms with Crippen molar-refractivity contribution in [2.45, 2.75) is 19.5 Å². The van der Waals surface area contributed by atoms with E-state index < -0.39 is 11.9 Å². The lowest BCUT2D eigenvalue weighted by Crippen LogP contribution is -2.09. The number of pyridine rings is 1. The van der Waals surface area contributed by atoms with Crippen LogP contribution in [-0.4, -0.2) is 20.4 Å². The Balaban J connectivity index is 1.95. The lowest BCUT2D eigenvalue weighted by molar-refractivity contribution is -0.141. The minimum absolute atomic E-state index is 0.0839. The predicted molar refractivity (Wildman–Crippen MR) is 85.9 cm³/mol. The molecular weight excluding hydrogens is 357 g/mol. The standard InChI is InChI=1S/C16H10ClF3N4O/c1-7-21-11-2-3-12(16(18,19)20)22-15(11)24(7)9-4-8-5-13(25)23-14(8)10(17)6-9/h2-4,6H,5H2,1H3,(H,23,25). The highest BCUT2D eigenvalue weighted by Gasteiger charge is 2.33. The average molecular weight is 367 g/mol. The number of carbonyl (C=O) groups is 1. The van der Waals surface area contributed by atoms with E-state index in [-0.39, 0.29) is 18.0 Å². The SMILES string of the molecule is Cc1nc2ccc(C(F)(F)F)nc2n1-c1cc(Cl)c2c(c1)CC(=O)N2. The van der Waals surface area contributed by atoms with Crippen molar-refractivity contribution in [2.24, 2.45) is 0 Å². The van der Waals surface area contributed by atoms with Crippen LogP contribution in [0.4, 0.5) is 18.9 Å². The Labute approximate surface area is 144 Å². The fraction of sp³-hybridized carbons (Fsp3) is 0.188. The van der Waals surface area contributed by atoms with Gasteiger partial charge in [0.1, 0.15) is 17.0 Å². The first-order valence-corrected chi connectivity index (χ1v) is 7.68. The van der Waals surface area contributed by atoms with Crippen LogP contribution >= 0.6 is 11.6 Å². The number of nitrogens with one attached hydrogen (secondary N) is 1. The highest BCUT2D eigenvalue weighted by atomic mass is 35.5. The van der Waals surface area contributed by atoms with Crippen LogP contribution in [0.3, 0.4) is 0 Å².